The summed E-state index contributed by atoms with van der Waals surface area (Å²) >= 11 is 6.26. The molecule has 1 aliphatic heterocycles. The minimum Gasteiger partial charge on any atom is -0.354 e. The SMILES string of the molecule is CN1CCN(c2ccc3[nH]c(-c4ccccc4Cl)nc3n2)CC1. The molecule has 0 amide bonds. The van der Waals surface area contributed by atoms with Crippen LogP contribution < -0.4 is 4.90 Å². The summed E-state index contributed by atoms with van der Waals surface area (Å²) < 4.78 is 0. The average Bonchev–Trinajstić information content (AvgIpc) is 2.99. The number of aromatic nitrogens is 3. The molecule has 2 aromatic heterocycles. The van der Waals surface area contributed by atoms with Gasteiger partial charge in [-0.25, -0.2) is 9.97 Å². The zero-order valence-electron chi connectivity index (χ0n) is 13.0. The molecule has 0 radical (unpaired) electrons. The van der Waals surface area contributed by atoms with E-state index >= 15 is 0 Å². The van der Waals surface area contributed by atoms with Crippen LogP contribution >= 0.6 is 11.6 Å². The summed E-state index contributed by atoms with van der Waals surface area (Å²) in [7, 11) is 2.15. The molecule has 118 valence electrons. The second-order valence-electron chi connectivity index (χ2n) is 5.90. The summed E-state index contributed by atoms with van der Waals surface area (Å²) in [4.78, 5) is 17.3. The number of rotatable bonds is 2. The Balaban J connectivity index is 1.69. The van der Waals surface area contributed by atoms with Crippen LogP contribution in [0.2, 0.25) is 5.02 Å². The van der Waals surface area contributed by atoms with Crippen molar-refractivity contribution in [1.29, 1.82) is 0 Å². The molecule has 0 atom stereocenters. The first-order valence-electron chi connectivity index (χ1n) is 7.76. The van der Waals surface area contributed by atoms with Gasteiger partial charge < -0.3 is 14.8 Å². The summed E-state index contributed by atoms with van der Waals surface area (Å²) in [6.07, 6.45) is 0. The molecular weight excluding hydrogens is 310 g/mol. The number of imidazole rings is 1. The van der Waals surface area contributed by atoms with E-state index in [4.69, 9.17) is 16.6 Å². The minimum absolute atomic E-state index is 0.686. The molecule has 1 N–H and O–H groups in total. The quantitative estimate of drug-likeness (QED) is 0.786. The maximum absolute atomic E-state index is 6.26. The van der Waals surface area contributed by atoms with Gasteiger partial charge in [-0.15, -0.1) is 0 Å². The summed E-state index contributed by atoms with van der Waals surface area (Å²) in [5.74, 6) is 1.75. The highest BCUT2D eigenvalue weighted by atomic mass is 35.5. The van der Waals surface area contributed by atoms with Gasteiger partial charge in [0.25, 0.3) is 0 Å². The summed E-state index contributed by atoms with van der Waals surface area (Å²) in [5, 5.41) is 0.686. The topological polar surface area (TPSA) is 48.0 Å². The Kier molecular flexibility index (Phi) is 3.67. The molecule has 5 nitrogen and oxygen atoms in total. The van der Waals surface area contributed by atoms with Crippen molar-refractivity contribution < 1.29 is 0 Å². The zero-order valence-corrected chi connectivity index (χ0v) is 13.7. The van der Waals surface area contributed by atoms with Gasteiger partial charge in [-0.05, 0) is 31.3 Å². The van der Waals surface area contributed by atoms with Gasteiger partial charge in [-0.1, -0.05) is 23.7 Å². The summed E-state index contributed by atoms with van der Waals surface area (Å²) in [5.41, 5.74) is 2.56. The number of pyridine rings is 1. The fraction of sp³-hybridized carbons (Fsp3) is 0.294. The first-order chi connectivity index (χ1) is 11.2. The first-order valence-corrected chi connectivity index (χ1v) is 8.14. The highest BCUT2D eigenvalue weighted by Gasteiger charge is 2.16. The van der Waals surface area contributed by atoms with Crippen molar-refractivity contribution >= 4 is 28.6 Å². The van der Waals surface area contributed by atoms with E-state index < -0.39 is 0 Å². The minimum atomic E-state index is 0.686. The lowest BCUT2D eigenvalue weighted by molar-refractivity contribution is 0.312. The van der Waals surface area contributed by atoms with Crippen LogP contribution in [0.4, 0.5) is 5.82 Å². The lowest BCUT2D eigenvalue weighted by atomic mass is 10.2. The molecule has 1 aliphatic rings. The molecule has 0 bridgehead atoms. The Hall–Kier alpha value is -2.11. The second kappa shape index (κ2) is 5.83. The molecule has 23 heavy (non-hydrogen) atoms. The number of fused-ring (bicyclic) bond motifs is 1. The van der Waals surface area contributed by atoms with Crippen LogP contribution in [0.3, 0.4) is 0 Å². The predicted molar refractivity (Wildman–Crippen MR) is 94.0 cm³/mol. The Morgan fingerprint density at radius 3 is 2.57 bits per heavy atom. The molecule has 1 saturated heterocycles. The number of nitrogens with zero attached hydrogens (tertiary/aromatic N) is 4. The first kappa shape index (κ1) is 14.5. The third-order valence-electron chi connectivity index (χ3n) is 4.29. The predicted octanol–water partition coefficient (Wildman–Crippen LogP) is 3.03. The van der Waals surface area contributed by atoms with E-state index in [0.717, 1.165) is 54.5 Å². The van der Waals surface area contributed by atoms with Gasteiger partial charge in [0.05, 0.1) is 10.5 Å². The molecule has 0 unspecified atom stereocenters. The van der Waals surface area contributed by atoms with E-state index in [1.807, 2.05) is 30.3 Å². The van der Waals surface area contributed by atoms with Crippen molar-refractivity contribution in [1.82, 2.24) is 19.9 Å². The van der Waals surface area contributed by atoms with Gasteiger partial charge in [0.1, 0.15) is 11.6 Å². The maximum atomic E-state index is 6.26. The van der Waals surface area contributed by atoms with E-state index in [2.05, 4.69) is 32.9 Å². The van der Waals surface area contributed by atoms with E-state index in [9.17, 15) is 0 Å². The number of halogens is 1. The number of likely N-dealkylation sites (N-methyl/N-ethyl adjacent to an activating group) is 1. The van der Waals surface area contributed by atoms with E-state index in [1.54, 1.807) is 0 Å². The van der Waals surface area contributed by atoms with E-state index in [0.29, 0.717) is 5.02 Å². The molecular formula is C17H18ClN5. The maximum Gasteiger partial charge on any atom is 0.180 e. The smallest absolute Gasteiger partial charge is 0.180 e. The third-order valence-corrected chi connectivity index (χ3v) is 4.62. The zero-order chi connectivity index (χ0) is 15.8. The van der Waals surface area contributed by atoms with Crippen LogP contribution in [0.5, 0.6) is 0 Å². The molecule has 0 saturated carbocycles. The van der Waals surface area contributed by atoms with Gasteiger partial charge in [-0.3, -0.25) is 0 Å². The Morgan fingerprint density at radius 1 is 1.00 bits per heavy atom. The van der Waals surface area contributed by atoms with Crippen LogP contribution in [0.1, 0.15) is 0 Å². The van der Waals surface area contributed by atoms with Gasteiger partial charge in [0.15, 0.2) is 5.65 Å². The number of anilines is 1. The molecule has 6 heteroatoms. The van der Waals surface area contributed by atoms with Crippen molar-refractivity contribution in [3.05, 3.63) is 41.4 Å². The molecule has 4 rings (SSSR count). The highest BCUT2D eigenvalue weighted by Crippen LogP contribution is 2.27. The Morgan fingerprint density at radius 2 is 1.78 bits per heavy atom. The largest absolute Gasteiger partial charge is 0.354 e. The van der Waals surface area contributed by atoms with Gasteiger partial charge >= 0.3 is 0 Å². The fourth-order valence-corrected chi connectivity index (χ4v) is 3.10. The monoisotopic (exact) mass is 327 g/mol. The number of H-pyrrole nitrogens is 1. The number of nitrogens with one attached hydrogen (secondary N) is 1. The van der Waals surface area contributed by atoms with E-state index in [1.165, 1.54) is 0 Å². The fourth-order valence-electron chi connectivity index (χ4n) is 2.88. The lowest BCUT2D eigenvalue weighted by Gasteiger charge is -2.33. The van der Waals surface area contributed by atoms with Crippen molar-refractivity contribution in [2.45, 2.75) is 0 Å². The Bertz CT molecular complexity index is 836. The third kappa shape index (κ3) is 2.78. The van der Waals surface area contributed by atoms with Crippen LogP contribution in [0.15, 0.2) is 36.4 Å². The van der Waals surface area contributed by atoms with E-state index in [-0.39, 0.29) is 0 Å². The number of aromatic amines is 1. The summed E-state index contributed by atoms with van der Waals surface area (Å²) in [6, 6.07) is 11.8. The van der Waals surface area contributed by atoms with Gasteiger partial charge in [-0.2, -0.15) is 0 Å². The number of hydrogen-bond donors (Lipinski definition) is 1. The van der Waals surface area contributed by atoms with Crippen molar-refractivity contribution in [3.63, 3.8) is 0 Å². The molecule has 0 aliphatic carbocycles. The summed E-state index contributed by atoms with van der Waals surface area (Å²) in [6.45, 7) is 4.11. The molecule has 3 heterocycles. The normalized spacial score (nSPS) is 16.2. The number of hydrogen-bond acceptors (Lipinski definition) is 4. The van der Waals surface area contributed by atoms with Gasteiger partial charge in [0.2, 0.25) is 0 Å². The van der Waals surface area contributed by atoms with Crippen molar-refractivity contribution in [3.8, 4) is 11.4 Å². The molecule has 3 aromatic rings. The number of piperazine rings is 1. The van der Waals surface area contributed by atoms with Crippen LogP contribution in [0, 0.1) is 0 Å². The van der Waals surface area contributed by atoms with Crippen LogP contribution in [-0.2, 0) is 0 Å². The standard InChI is InChI=1S/C17H18ClN5/c1-22-8-10-23(11-9-22)15-7-6-14-17(20-15)21-16(19-14)12-4-2-3-5-13(12)18/h2-7H,8-11H2,1H3,(H,19,20,21). The van der Waals surface area contributed by atoms with Crippen LogP contribution in [-0.4, -0.2) is 53.1 Å². The Labute approximate surface area is 139 Å². The average molecular weight is 328 g/mol. The number of benzene rings is 1. The van der Waals surface area contributed by atoms with Crippen LogP contribution in [0.25, 0.3) is 22.6 Å². The van der Waals surface area contributed by atoms with Crippen molar-refractivity contribution in [2.24, 2.45) is 0 Å². The highest BCUT2D eigenvalue weighted by molar-refractivity contribution is 6.33. The molecule has 0 spiro atoms. The molecule has 1 aromatic carbocycles. The lowest BCUT2D eigenvalue weighted by Crippen LogP contribution is -2.44. The second-order valence-corrected chi connectivity index (χ2v) is 6.30. The molecule has 1 fully saturated rings. The van der Waals surface area contributed by atoms with Gasteiger partial charge in [0, 0.05) is 31.7 Å². The van der Waals surface area contributed by atoms with Crippen molar-refractivity contribution in [2.75, 3.05) is 38.1 Å².